The molecule has 98 valence electrons. The maximum atomic E-state index is 9.96. The summed E-state index contributed by atoms with van der Waals surface area (Å²) in [4.78, 5) is 0. The summed E-state index contributed by atoms with van der Waals surface area (Å²) < 4.78 is 7.03. The molecule has 0 aliphatic heterocycles. The van der Waals surface area contributed by atoms with E-state index in [1.54, 1.807) is 7.11 Å². The molecule has 1 aromatic rings. The highest BCUT2D eigenvalue weighted by Crippen LogP contribution is 2.11. The third-order valence-corrected chi connectivity index (χ3v) is 3.14. The van der Waals surface area contributed by atoms with Gasteiger partial charge in [0.25, 0.3) is 0 Å². The minimum Gasteiger partial charge on any atom is -0.393 e. The summed E-state index contributed by atoms with van der Waals surface area (Å²) >= 11 is 0. The van der Waals surface area contributed by atoms with Gasteiger partial charge in [0.15, 0.2) is 0 Å². The Balaban J connectivity index is 2.44. The smallest absolute Gasteiger partial charge is 0.0624 e. The SMILES string of the molecule is CCc1cc(CC(O)CCC(C)OC)n(C)n1. The maximum Gasteiger partial charge on any atom is 0.0624 e. The lowest BCUT2D eigenvalue weighted by Gasteiger charge is -2.13. The molecule has 1 heterocycles. The van der Waals surface area contributed by atoms with E-state index in [1.807, 2.05) is 18.7 Å². The van der Waals surface area contributed by atoms with Gasteiger partial charge >= 0.3 is 0 Å². The van der Waals surface area contributed by atoms with Crippen molar-refractivity contribution in [3.8, 4) is 0 Å². The van der Waals surface area contributed by atoms with E-state index in [2.05, 4.69) is 18.1 Å². The van der Waals surface area contributed by atoms with Crippen molar-refractivity contribution in [1.82, 2.24) is 9.78 Å². The average molecular weight is 240 g/mol. The molecule has 0 bridgehead atoms. The molecule has 0 saturated carbocycles. The largest absolute Gasteiger partial charge is 0.393 e. The molecule has 0 saturated heterocycles. The van der Waals surface area contributed by atoms with Gasteiger partial charge in [-0.25, -0.2) is 0 Å². The Hall–Kier alpha value is -0.870. The number of ether oxygens (including phenoxy) is 1. The van der Waals surface area contributed by atoms with Crippen molar-refractivity contribution in [2.75, 3.05) is 7.11 Å². The lowest BCUT2D eigenvalue weighted by atomic mass is 10.1. The molecule has 1 aromatic heterocycles. The van der Waals surface area contributed by atoms with E-state index < -0.39 is 0 Å². The van der Waals surface area contributed by atoms with Crippen LogP contribution in [0.15, 0.2) is 6.07 Å². The fourth-order valence-corrected chi connectivity index (χ4v) is 1.82. The molecule has 0 aliphatic carbocycles. The highest BCUT2D eigenvalue weighted by Gasteiger charge is 2.11. The number of hydrogen-bond donors (Lipinski definition) is 1. The molecule has 2 unspecified atom stereocenters. The zero-order valence-corrected chi connectivity index (χ0v) is 11.3. The Morgan fingerprint density at radius 2 is 2.18 bits per heavy atom. The monoisotopic (exact) mass is 240 g/mol. The quantitative estimate of drug-likeness (QED) is 0.789. The van der Waals surface area contributed by atoms with Crippen molar-refractivity contribution < 1.29 is 9.84 Å². The maximum absolute atomic E-state index is 9.96. The average Bonchev–Trinajstić information content (AvgIpc) is 2.67. The van der Waals surface area contributed by atoms with Crippen molar-refractivity contribution in [3.63, 3.8) is 0 Å². The molecule has 0 spiro atoms. The zero-order valence-electron chi connectivity index (χ0n) is 11.3. The van der Waals surface area contributed by atoms with Crippen LogP contribution in [0.4, 0.5) is 0 Å². The van der Waals surface area contributed by atoms with Gasteiger partial charge in [-0.3, -0.25) is 4.68 Å². The van der Waals surface area contributed by atoms with E-state index in [0.717, 1.165) is 30.7 Å². The summed E-state index contributed by atoms with van der Waals surface area (Å²) in [6.07, 6.45) is 3.15. The molecule has 0 amide bonds. The zero-order chi connectivity index (χ0) is 12.8. The summed E-state index contributed by atoms with van der Waals surface area (Å²) in [5.41, 5.74) is 2.18. The Morgan fingerprint density at radius 3 is 2.71 bits per heavy atom. The van der Waals surface area contributed by atoms with Crippen LogP contribution in [0.1, 0.15) is 38.1 Å². The molecule has 1 N–H and O–H groups in total. The van der Waals surface area contributed by atoms with E-state index >= 15 is 0 Å². The first-order chi connectivity index (χ1) is 8.06. The van der Waals surface area contributed by atoms with Crippen LogP contribution in [0.3, 0.4) is 0 Å². The van der Waals surface area contributed by atoms with Crippen LogP contribution in [0.25, 0.3) is 0 Å². The third kappa shape index (κ3) is 4.48. The molecule has 4 nitrogen and oxygen atoms in total. The van der Waals surface area contributed by atoms with Crippen molar-refractivity contribution in [1.29, 1.82) is 0 Å². The fourth-order valence-electron chi connectivity index (χ4n) is 1.82. The van der Waals surface area contributed by atoms with Crippen molar-refractivity contribution in [2.24, 2.45) is 7.05 Å². The van der Waals surface area contributed by atoms with Gasteiger partial charge in [0.1, 0.15) is 0 Å². The molecular formula is C13H24N2O2. The highest BCUT2D eigenvalue weighted by molar-refractivity contribution is 5.11. The van der Waals surface area contributed by atoms with Crippen molar-refractivity contribution in [3.05, 3.63) is 17.5 Å². The summed E-state index contributed by atoms with van der Waals surface area (Å²) in [5.74, 6) is 0. The second kappa shape index (κ2) is 6.77. The first kappa shape index (κ1) is 14.2. The van der Waals surface area contributed by atoms with Crippen molar-refractivity contribution >= 4 is 0 Å². The van der Waals surface area contributed by atoms with Crippen LogP contribution < -0.4 is 0 Å². The lowest BCUT2D eigenvalue weighted by molar-refractivity contribution is 0.0846. The minimum absolute atomic E-state index is 0.211. The van der Waals surface area contributed by atoms with Gasteiger partial charge in [0.05, 0.1) is 17.9 Å². The number of aliphatic hydroxyl groups excluding tert-OH is 1. The van der Waals surface area contributed by atoms with Gasteiger partial charge in [-0.1, -0.05) is 6.92 Å². The summed E-state index contributed by atoms with van der Waals surface area (Å²) in [6.45, 7) is 4.11. The molecule has 2 atom stereocenters. The number of aromatic nitrogens is 2. The molecule has 0 radical (unpaired) electrons. The number of aryl methyl sites for hydroxylation is 2. The van der Waals surface area contributed by atoms with E-state index in [4.69, 9.17) is 4.74 Å². The van der Waals surface area contributed by atoms with E-state index in [1.165, 1.54) is 0 Å². The third-order valence-electron chi connectivity index (χ3n) is 3.14. The van der Waals surface area contributed by atoms with Gasteiger partial charge < -0.3 is 9.84 Å². The standard InChI is InChI=1S/C13H24N2O2/c1-5-11-8-12(15(3)14-11)9-13(16)7-6-10(2)17-4/h8,10,13,16H,5-7,9H2,1-4H3. The molecule has 0 aliphatic rings. The van der Waals surface area contributed by atoms with E-state index in [0.29, 0.717) is 6.42 Å². The second-order valence-electron chi connectivity index (χ2n) is 4.59. The van der Waals surface area contributed by atoms with E-state index in [9.17, 15) is 5.11 Å². The van der Waals surface area contributed by atoms with Crippen LogP contribution in [-0.2, 0) is 24.6 Å². The van der Waals surface area contributed by atoms with E-state index in [-0.39, 0.29) is 12.2 Å². The summed E-state index contributed by atoms with van der Waals surface area (Å²) in [6, 6.07) is 2.07. The van der Waals surface area contributed by atoms with Crippen LogP contribution >= 0.6 is 0 Å². The number of nitrogens with zero attached hydrogens (tertiary/aromatic N) is 2. The molecule has 0 fully saturated rings. The molecular weight excluding hydrogens is 216 g/mol. The van der Waals surface area contributed by atoms with Gasteiger partial charge in [0.2, 0.25) is 0 Å². The topological polar surface area (TPSA) is 47.3 Å². The van der Waals surface area contributed by atoms with Gasteiger partial charge in [-0.05, 0) is 32.3 Å². The molecule has 1 rings (SSSR count). The van der Waals surface area contributed by atoms with Crippen LogP contribution in [-0.4, -0.2) is 34.2 Å². The van der Waals surface area contributed by atoms with Crippen LogP contribution in [0.5, 0.6) is 0 Å². The second-order valence-corrected chi connectivity index (χ2v) is 4.59. The van der Waals surface area contributed by atoms with Gasteiger partial charge in [-0.15, -0.1) is 0 Å². The van der Waals surface area contributed by atoms with Crippen molar-refractivity contribution in [2.45, 2.75) is 51.7 Å². The normalized spacial score (nSPS) is 14.9. The first-order valence-corrected chi connectivity index (χ1v) is 6.29. The molecule has 4 heteroatoms. The van der Waals surface area contributed by atoms with Gasteiger partial charge in [0, 0.05) is 26.3 Å². The number of methoxy groups -OCH3 is 1. The number of hydrogen-bond acceptors (Lipinski definition) is 3. The Labute approximate surface area is 104 Å². The molecule has 17 heavy (non-hydrogen) atoms. The predicted octanol–water partition coefficient (Wildman–Crippen LogP) is 1.70. The number of rotatable bonds is 7. The Bertz CT molecular complexity index is 336. The van der Waals surface area contributed by atoms with Gasteiger partial charge in [-0.2, -0.15) is 5.10 Å². The number of aliphatic hydroxyl groups is 1. The predicted molar refractivity (Wildman–Crippen MR) is 68.0 cm³/mol. The summed E-state index contributed by atoms with van der Waals surface area (Å²) in [5, 5.41) is 14.3. The van der Waals surface area contributed by atoms with Crippen LogP contribution in [0.2, 0.25) is 0 Å². The first-order valence-electron chi connectivity index (χ1n) is 6.29. The Kier molecular flexibility index (Phi) is 5.65. The lowest BCUT2D eigenvalue weighted by Crippen LogP contribution is -2.16. The van der Waals surface area contributed by atoms with Crippen LogP contribution in [0, 0.1) is 0 Å². The fraction of sp³-hybridized carbons (Fsp3) is 0.769. The molecule has 0 aromatic carbocycles. The minimum atomic E-state index is -0.312. The Morgan fingerprint density at radius 1 is 1.47 bits per heavy atom. The highest BCUT2D eigenvalue weighted by atomic mass is 16.5. The summed E-state index contributed by atoms with van der Waals surface area (Å²) in [7, 11) is 3.63.